The van der Waals surface area contributed by atoms with Crippen LogP contribution in [0.15, 0.2) is 65.3 Å². The number of methoxy groups -OCH3 is 1. The van der Waals surface area contributed by atoms with Crippen LogP contribution in [0.4, 0.5) is 0 Å². The molecule has 0 atom stereocenters. The molecule has 1 aliphatic rings. The zero-order chi connectivity index (χ0) is 23.5. The van der Waals surface area contributed by atoms with Crippen molar-refractivity contribution >= 4 is 86.3 Å². The standard InChI is InChI=1S/C24H15Cl2I2NO4/c1-31-21-11-14(9-19(28)22(21)32-12-13-2-7-17(25)18(26)8-13)10-20-24(30)33-23(29-20)15-3-5-16(27)6-4-15/h2-11H,12H2,1H3/b20-10-. The van der Waals surface area contributed by atoms with Gasteiger partial charge in [-0.2, -0.15) is 0 Å². The molecule has 9 heteroatoms. The molecule has 4 rings (SSSR count). The van der Waals surface area contributed by atoms with Gasteiger partial charge >= 0.3 is 5.97 Å². The van der Waals surface area contributed by atoms with Crippen LogP contribution in [0.3, 0.4) is 0 Å². The Morgan fingerprint density at radius 3 is 2.48 bits per heavy atom. The monoisotopic (exact) mass is 705 g/mol. The van der Waals surface area contributed by atoms with Crippen LogP contribution >= 0.6 is 68.4 Å². The molecule has 3 aromatic carbocycles. The number of hydrogen-bond donors (Lipinski definition) is 0. The topological polar surface area (TPSA) is 57.1 Å². The van der Waals surface area contributed by atoms with Gasteiger partial charge in [-0.05, 0) is 111 Å². The van der Waals surface area contributed by atoms with Gasteiger partial charge in [0.1, 0.15) is 6.61 Å². The zero-order valence-corrected chi connectivity index (χ0v) is 22.9. The molecule has 0 spiro atoms. The minimum absolute atomic E-state index is 0.214. The van der Waals surface area contributed by atoms with E-state index in [1.165, 1.54) is 0 Å². The van der Waals surface area contributed by atoms with E-state index in [9.17, 15) is 4.79 Å². The highest BCUT2D eigenvalue weighted by molar-refractivity contribution is 14.1. The van der Waals surface area contributed by atoms with Gasteiger partial charge in [0.2, 0.25) is 5.90 Å². The smallest absolute Gasteiger partial charge is 0.363 e. The van der Waals surface area contributed by atoms with Crippen LogP contribution in [0.2, 0.25) is 10.0 Å². The first-order valence-electron chi connectivity index (χ1n) is 9.57. The van der Waals surface area contributed by atoms with Crippen molar-refractivity contribution in [1.82, 2.24) is 0 Å². The van der Waals surface area contributed by atoms with Crippen molar-refractivity contribution in [3.8, 4) is 11.5 Å². The second-order valence-corrected chi connectivity index (χ2v) is 10.1. The number of hydrogen-bond acceptors (Lipinski definition) is 5. The van der Waals surface area contributed by atoms with Crippen molar-refractivity contribution < 1.29 is 19.0 Å². The van der Waals surface area contributed by atoms with E-state index >= 15 is 0 Å². The first-order valence-corrected chi connectivity index (χ1v) is 12.5. The summed E-state index contributed by atoms with van der Waals surface area (Å²) in [5.41, 5.74) is 2.56. The number of carbonyl (C=O) groups excluding carboxylic acids is 1. The highest BCUT2D eigenvalue weighted by atomic mass is 127. The molecule has 0 aromatic heterocycles. The van der Waals surface area contributed by atoms with Crippen molar-refractivity contribution in [2.45, 2.75) is 6.61 Å². The van der Waals surface area contributed by atoms with Gasteiger partial charge in [0, 0.05) is 9.13 Å². The van der Waals surface area contributed by atoms with E-state index in [1.54, 1.807) is 31.4 Å². The predicted molar refractivity (Wildman–Crippen MR) is 146 cm³/mol. The molecular weight excluding hydrogens is 691 g/mol. The Hall–Kier alpha value is -1.82. The molecule has 3 aromatic rings. The maximum atomic E-state index is 12.4. The summed E-state index contributed by atoms with van der Waals surface area (Å²) >= 11 is 16.4. The predicted octanol–water partition coefficient (Wildman–Crippen LogP) is 7.13. The highest BCUT2D eigenvalue weighted by Gasteiger charge is 2.24. The zero-order valence-electron chi connectivity index (χ0n) is 17.1. The lowest BCUT2D eigenvalue weighted by Gasteiger charge is -2.14. The molecule has 168 valence electrons. The Morgan fingerprint density at radius 2 is 1.79 bits per heavy atom. The normalized spacial score (nSPS) is 14.3. The molecule has 0 radical (unpaired) electrons. The fourth-order valence-corrected chi connectivity index (χ4v) is 4.49. The van der Waals surface area contributed by atoms with Gasteiger partial charge in [0.05, 0.1) is 20.7 Å². The van der Waals surface area contributed by atoms with Crippen LogP contribution in [0.1, 0.15) is 16.7 Å². The molecule has 0 N–H and O–H groups in total. The van der Waals surface area contributed by atoms with Crippen LogP contribution in [0.25, 0.3) is 6.08 Å². The van der Waals surface area contributed by atoms with Gasteiger partial charge in [-0.1, -0.05) is 29.3 Å². The molecule has 5 nitrogen and oxygen atoms in total. The number of aliphatic imine (C=N–C) groups is 1. The second kappa shape index (κ2) is 10.6. The fourth-order valence-electron chi connectivity index (χ4n) is 3.03. The maximum absolute atomic E-state index is 12.4. The summed E-state index contributed by atoms with van der Waals surface area (Å²) < 4.78 is 18.8. The average Bonchev–Trinajstić information content (AvgIpc) is 3.15. The third-order valence-corrected chi connectivity index (χ3v) is 6.89. The number of cyclic esters (lactones) is 1. The van der Waals surface area contributed by atoms with Gasteiger partial charge in [-0.3, -0.25) is 0 Å². The third kappa shape index (κ3) is 5.82. The van der Waals surface area contributed by atoms with Crippen LogP contribution < -0.4 is 9.47 Å². The molecule has 1 heterocycles. The van der Waals surface area contributed by atoms with Crippen LogP contribution in [0.5, 0.6) is 11.5 Å². The Labute approximate surface area is 228 Å². The Bertz CT molecular complexity index is 1290. The molecule has 0 fully saturated rings. The quantitative estimate of drug-likeness (QED) is 0.156. The number of benzene rings is 3. The number of rotatable bonds is 6. The Kier molecular flexibility index (Phi) is 7.83. The first kappa shape index (κ1) is 24.3. The molecule has 0 aliphatic carbocycles. The third-order valence-electron chi connectivity index (χ3n) is 4.63. The van der Waals surface area contributed by atoms with Gasteiger partial charge in [0.25, 0.3) is 0 Å². The minimum atomic E-state index is -0.502. The lowest BCUT2D eigenvalue weighted by atomic mass is 10.1. The van der Waals surface area contributed by atoms with E-state index in [4.69, 9.17) is 37.4 Å². The van der Waals surface area contributed by atoms with Gasteiger partial charge in [-0.15, -0.1) is 0 Å². The minimum Gasteiger partial charge on any atom is -0.493 e. The average molecular weight is 706 g/mol. The van der Waals surface area contributed by atoms with E-state index in [1.807, 2.05) is 36.4 Å². The van der Waals surface area contributed by atoms with Crippen LogP contribution in [-0.2, 0) is 16.1 Å². The summed E-state index contributed by atoms with van der Waals surface area (Å²) in [6.45, 7) is 0.291. The van der Waals surface area contributed by atoms with Crippen LogP contribution in [-0.4, -0.2) is 19.0 Å². The number of ether oxygens (including phenoxy) is 3. The largest absolute Gasteiger partial charge is 0.493 e. The summed E-state index contributed by atoms with van der Waals surface area (Å²) in [6, 6.07) is 16.6. The Balaban J connectivity index is 1.58. The van der Waals surface area contributed by atoms with E-state index in [0.717, 1.165) is 23.8 Å². The summed E-state index contributed by atoms with van der Waals surface area (Å²) in [6.07, 6.45) is 1.66. The number of halogens is 4. The van der Waals surface area contributed by atoms with Gasteiger partial charge in [0.15, 0.2) is 17.2 Å². The number of nitrogens with zero attached hydrogens (tertiary/aromatic N) is 1. The molecular formula is C24H15Cl2I2NO4. The SMILES string of the molecule is COc1cc(/C=C2\N=C(c3ccc(I)cc3)OC2=O)cc(I)c1OCc1ccc(Cl)c(Cl)c1. The molecule has 0 amide bonds. The summed E-state index contributed by atoms with van der Waals surface area (Å²) in [7, 11) is 1.56. The Morgan fingerprint density at radius 1 is 1.03 bits per heavy atom. The lowest BCUT2D eigenvalue weighted by Crippen LogP contribution is -2.05. The van der Waals surface area contributed by atoms with E-state index in [2.05, 4.69) is 50.2 Å². The molecule has 0 unspecified atom stereocenters. The van der Waals surface area contributed by atoms with Gasteiger partial charge in [-0.25, -0.2) is 9.79 Å². The molecule has 1 aliphatic heterocycles. The van der Waals surface area contributed by atoms with Crippen molar-refractivity contribution in [2.75, 3.05) is 7.11 Å². The molecule has 33 heavy (non-hydrogen) atoms. The lowest BCUT2D eigenvalue weighted by molar-refractivity contribution is -0.129. The molecule has 0 bridgehead atoms. The summed E-state index contributed by atoms with van der Waals surface area (Å²) in [4.78, 5) is 16.7. The van der Waals surface area contributed by atoms with Crippen molar-refractivity contribution in [1.29, 1.82) is 0 Å². The number of esters is 1. The maximum Gasteiger partial charge on any atom is 0.363 e. The van der Waals surface area contributed by atoms with Gasteiger partial charge < -0.3 is 14.2 Å². The highest BCUT2D eigenvalue weighted by Crippen LogP contribution is 2.36. The van der Waals surface area contributed by atoms with E-state index in [0.29, 0.717) is 28.2 Å². The molecule has 0 saturated heterocycles. The van der Waals surface area contributed by atoms with Crippen LogP contribution in [0, 0.1) is 7.14 Å². The molecule has 0 saturated carbocycles. The van der Waals surface area contributed by atoms with Crippen molar-refractivity contribution in [3.05, 3.63) is 94.2 Å². The van der Waals surface area contributed by atoms with Crippen molar-refractivity contribution in [3.63, 3.8) is 0 Å². The van der Waals surface area contributed by atoms with Crippen molar-refractivity contribution in [2.24, 2.45) is 4.99 Å². The van der Waals surface area contributed by atoms with E-state index in [-0.39, 0.29) is 11.6 Å². The number of carbonyl (C=O) groups is 1. The summed E-state index contributed by atoms with van der Waals surface area (Å²) in [5, 5.41) is 0.957. The fraction of sp³-hybridized carbons (Fsp3) is 0.0833. The van der Waals surface area contributed by atoms with E-state index < -0.39 is 5.97 Å². The summed E-state index contributed by atoms with van der Waals surface area (Å²) in [5.74, 6) is 0.897. The first-order chi connectivity index (χ1) is 15.8. The second-order valence-electron chi connectivity index (χ2n) is 6.91.